The number of methoxy groups -OCH3 is 1. The van der Waals surface area contributed by atoms with Gasteiger partial charge in [-0.05, 0) is 42.0 Å². The minimum Gasteiger partial charge on any atom is -0.493 e. The van der Waals surface area contributed by atoms with Crippen molar-refractivity contribution in [3.63, 3.8) is 0 Å². The van der Waals surface area contributed by atoms with Crippen LogP contribution in [0.4, 0.5) is 0 Å². The lowest BCUT2D eigenvalue weighted by Gasteiger charge is -2.20. The van der Waals surface area contributed by atoms with Crippen molar-refractivity contribution in [3.8, 4) is 11.5 Å². The van der Waals surface area contributed by atoms with Crippen LogP contribution in [-0.4, -0.2) is 23.9 Å². The SMILES string of the molecule is COc1cc([C@@H]2OC(c3cccc(Cl)c3)=NN2C(C)=O)ccc1OCc1ccccc1. The molecule has 0 spiro atoms. The van der Waals surface area contributed by atoms with E-state index in [1.54, 1.807) is 37.4 Å². The molecule has 0 radical (unpaired) electrons. The summed E-state index contributed by atoms with van der Waals surface area (Å²) in [5.74, 6) is 1.21. The van der Waals surface area contributed by atoms with Crippen LogP contribution in [-0.2, 0) is 16.1 Å². The number of hydrogen-bond acceptors (Lipinski definition) is 5. The molecule has 0 saturated carbocycles. The molecule has 158 valence electrons. The van der Waals surface area contributed by atoms with E-state index in [-0.39, 0.29) is 5.91 Å². The summed E-state index contributed by atoms with van der Waals surface area (Å²) in [7, 11) is 1.57. The van der Waals surface area contributed by atoms with Crippen LogP contribution < -0.4 is 9.47 Å². The van der Waals surface area contributed by atoms with Gasteiger partial charge in [0.2, 0.25) is 18.0 Å². The van der Waals surface area contributed by atoms with Gasteiger partial charge in [0.25, 0.3) is 0 Å². The Morgan fingerprint density at radius 1 is 1.06 bits per heavy atom. The Labute approximate surface area is 185 Å². The standard InChI is InChI=1S/C24H21ClN2O4/c1-16(28)27-24(31-23(26-27)18-9-6-10-20(25)13-18)19-11-12-21(22(14-19)29-2)30-15-17-7-4-3-5-8-17/h3-14,24H,15H2,1-2H3/t24-/m0/s1. The summed E-state index contributed by atoms with van der Waals surface area (Å²) in [6, 6.07) is 22.4. The molecule has 1 amide bonds. The maximum Gasteiger partial charge on any atom is 0.243 e. The zero-order chi connectivity index (χ0) is 21.8. The Hall–Kier alpha value is -3.51. The third-order valence-electron chi connectivity index (χ3n) is 4.75. The fourth-order valence-corrected chi connectivity index (χ4v) is 3.40. The highest BCUT2D eigenvalue weighted by molar-refractivity contribution is 6.31. The van der Waals surface area contributed by atoms with Gasteiger partial charge >= 0.3 is 0 Å². The Morgan fingerprint density at radius 2 is 1.87 bits per heavy atom. The van der Waals surface area contributed by atoms with E-state index in [4.69, 9.17) is 25.8 Å². The van der Waals surface area contributed by atoms with E-state index in [2.05, 4.69) is 5.10 Å². The first-order valence-electron chi connectivity index (χ1n) is 9.71. The van der Waals surface area contributed by atoms with Crippen molar-refractivity contribution in [2.24, 2.45) is 5.10 Å². The van der Waals surface area contributed by atoms with E-state index in [0.717, 1.165) is 5.56 Å². The molecular formula is C24H21ClN2O4. The van der Waals surface area contributed by atoms with Gasteiger partial charge in [0.05, 0.1) is 7.11 Å². The van der Waals surface area contributed by atoms with Crippen molar-refractivity contribution < 1.29 is 19.0 Å². The Morgan fingerprint density at radius 3 is 2.58 bits per heavy atom. The molecule has 6 nitrogen and oxygen atoms in total. The molecule has 3 aromatic carbocycles. The molecule has 3 aromatic rings. The van der Waals surface area contributed by atoms with Crippen LogP contribution in [0.3, 0.4) is 0 Å². The van der Waals surface area contributed by atoms with Crippen LogP contribution in [0.1, 0.15) is 29.8 Å². The number of carbonyl (C=O) groups excluding carboxylic acids is 1. The molecule has 0 unspecified atom stereocenters. The second-order valence-corrected chi connectivity index (χ2v) is 7.37. The van der Waals surface area contributed by atoms with Gasteiger partial charge in [-0.15, -0.1) is 5.10 Å². The number of rotatable bonds is 6. The number of nitrogens with zero attached hydrogens (tertiary/aromatic N) is 2. The van der Waals surface area contributed by atoms with E-state index in [1.807, 2.05) is 42.5 Å². The van der Waals surface area contributed by atoms with Gasteiger partial charge in [-0.1, -0.05) is 48.0 Å². The molecule has 1 atom stereocenters. The normalized spacial score (nSPS) is 15.3. The molecule has 4 rings (SSSR count). The lowest BCUT2D eigenvalue weighted by atomic mass is 10.1. The van der Waals surface area contributed by atoms with E-state index in [1.165, 1.54) is 11.9 Å². The maximum absolute atomic E-state index is 12.2. The van der Waals surface area contributed by atoms with E-state index < -0.39 is 6.23 Å². The number of hydrogen-bond donors (Lipinski definition) is 0. The molecule has 0 saturated heterocycles. The minimum absolute atomic E-state index is 0.245. The van der Waals surface area contributed by atoms with E-state index in [0.29, 0.717) is 40.2 Å². The Bertz CT molecular complexity index is 1120. The van der Waals surface area contributed by atoms with Crippen LogP contribution in [0.25, 0.3) is 0 Å². The second-order valence-electron chi connectivity index (χ2n) is 6.93. The molecule has 7 heteroatoms. The van der Waals surface area contributed by atoms with Crippen LogP contribution in [0.5, 0.6) is 11.5 Å². The molecular weight excluding hydrogens is 416 g/mol. The number of carbonyl (C=O) groups is 1. The van der Waals surface area contributed by atoms with Gasteiger partial charge in [0.15, 0.2) is 11.5 Å². The highest BCUT2D eigenvalue weighted by Crippen LogP contribution is 2.36. The number of hydrazone groups is 1. The first kappa shape index (κ1) is 20.8. The van der Waals surface area contributed by atoms with Crippen molar-refractivity contribution >= 4 is 23.4 Å². The lowest BCUT2D eigenvalue weighted by molar-refractivity contribution is -0.135. The molecule has 0 aliphatic carbocycles. The van der Waals surface area contributed by atoms with Crippen LogP contribution >= 0.6 is 11.6 Å². The zero-order valence-electron chi connectivity index (χ0n) is 17.1. The summed E-state index contributed by atoms with van der Waals surface area (Å²) >= 11 is 6.09. The predicted octanol–water partition coefficient (Wildman–Crippen LogP) is 5.17. The maximum atomic E-state index is 12.2. The first-order chi connectivity index (χ1) is 15.0. The number of ether oxygens (including phenoxy) is 3. The average Bonchev–Trinajstić information content (AvgIpc) is 3.24. The Balaban J connectivity index is 1.57. The van der Waals surface area contributed by atoms with Crippen molar-refractivity contribution in [1.82, 2.24) is 5.01 Å². The highest BCUT2D eigenvalue weighted by atomic mass is 35.5. The van der Waals surface area contributed by atoms with Crippen LogP contribution in [0.15, 0.2) is 77.9 Å². The van der Waals surface area contributed by atoms with Gasteiger partial charge in [-0.3, -0.25) is 4.79 Å². The smallest absolute Gasteiger partial charge is 0.243 e. The quantitative estimate of drug-likeness (QED) is 0.535. The molecule has 0 fully saturated rings. The van der Waals surface area contributed by atoms with Crippen molar-refractivity contribution in [3.05, 3.63) is 94.5 Å². The predicted molar refractivity (Wildman–Crippen MR) is 118 cm³/mol. The molecule has 31 heavy (non-hydrogen) atoms. The third-order valence-corrected chi connectivity index (χ3v) is 4.98. The Kier molecular flexibility index (Phi) is 6.09. The first-order valence-corrected chi connectivity index (χ1v) is 10.1. The monoisotopic (exact) mass is 436 g/mol. The van der Waals surface area contributed by atoms with Gasteiger partial charge in [0.1, 0.15) is 6.61 Å². The van der Waals surface area contributed by atoms with Gasteiger partial charge in [0, 0.05) is 23.1 Å². The van der Waals surface area contributed by atoms with Crippen molar-refractivity contribution in [2.45, 2.75) is 19.8 Å². The summed E-state index contributed by atoms with van der Waals surface area (Å²) in [5.41, 5.74) is 2.45. The summed E-state index contributed by atoms with van der Waals surface area (Å²) in [5, 5.41) is 6.22. The fourth-order valence-electron chi connectivity index (χ4n) is 3.21. The summed E-state index contributed by atoms with van der Waals surface area (Å²) in [6.45, 7) is 1.85. The molecule has 0 bridgehead atoms. The summed E-state index contributed by atoms with van der Waals surface area (Å²) < 4.78 is 17.5. The number of benzene rings is 3. The lowest BCUT2D eigenvalue weighted by Crippen LogP contribution is -2.25. The molecule has 0 aromatic heterocycles. The third kappa shape index (κ3) is 4.64. The number of amides is 1. The summed E-state index contributed by atoms with van der Waals surface area (Å²) in [4.78, 5) is 12.2. The summed E-state index contributed by atoms with van der Waals surface area (Å²) in [6.07, 6.45) is -0.719. The molecule has 1 aliphatic heterocycles. The van der Waals surface area contributed by atoms with E-state index >= 15 is 0 Å². The number of halogens is 1. The largest absolute Gasteiger partial charge is 0.493 e. The van der Waals surface area contributed by atoms with Crippen molar-refractivity contribution in [2.75, 3.05) is 7.11 Å². The second kappa shape index (κ2) is 9.10. The van der Waals surface area contributed by atoms with Gasteiger partial charge < -0.3 is 14.2 Å². The van der Waals surface area contributed by atoms with Gasteiger partial charge in [-0.2, -0.15) is 5.01 Å². The van der Waals surface area contributed by atoms with E-state index in [9.17, 15) is 4.79 Å². The zero-order valence-corrected chi connectivity index (χ0v) is 17.9. The molecule has 1 heterocycles. The molecule has 0 N–H and O–H groups in total. The van der Waals surface area contributed by atoms with Gasteiger partial charge in [-0.25, -0.2) is 0 Å². The highest BCUT2D eigenvalue weighted by Gasteiger charge is 2.33. The molecule has 1 aliphatic rings. The van der Waals surface area contributed by atoms with Crippen LogP contribution in [0, 0.1) is 0 Å². The minimum atomic E-state index is -0.719. The fraction of sp³-hybridized carbons (Fsp3) is 0.167. The average molecular weight is 437 g/mol. The van der Waals surface area contributed by atoms with Crippen LogP contribution in [0.2, 0.25) is 5.02 Å². The topological polar surface area (TPSA) is 60.4 Å². The van der Waals surface area contributed by atoms with Crippen molar-refractivity contribution in [1.29, 1.82) is 0 Å².